The Hall–Kier alpha value is -0.820. The molecule has 0 atom stereocenters. The molecule has 1 rings (SSSR count). The topological polar surface area (TPSA) is 9.23 Å². The van der Waals surface area contributed by atoms with Crippen molar-refractivity contribution in [2.24, 2.45) is 0 Å². The van der Waals surface area contributed by atoms with Gasteiger partial charge in [-0.1, -0.05) is 18.2 Å². The molecule has 0 spiro atoms. The first-order chi connectivity index (χ1) is 5.24. The van der Waals surface area contributed by atoms with Gasteiger partial charge in [0.15, 0.2) is 0 Å². The van der Waals surface area contributed by atoms with Gasteiger partial charge in [0, 0.05) is 7.11 Å². The smallest absolute Gasteiger partial charge is 0.112 e. The summed E-state index contributed by atoms with van der Waals surface area (Å²) in [4.78, 5) is 0. The molecule has 0 bridgehead atoms. The third kappa shape index (κ3) is 2.05. The maximum absolute atomic E-state index is 4.90. The molecule has 1 nitrogen and oxygen atoms in total. The van der Waals surface area contributed by atoms with Gasteiger partial charge in [-0.15, -0.1) is 0 Å². The lowest BCUT2D eigenvalue weighted by atomic mass is 10.1. The summed E-state index contributed by atoms with van der Waals surface area (Å²) in [6.45, 7) is 5.95. The van der Waals surface area contributed by atoms with Gasteiger partial charge in [0.1, 0.15) is 6.61 Å². The van der Waals surface area contributed by atoms with Crippen LogP contribution in [0.2, 0.25) is 0 Å². The van der Waals surface area contributed by atoms with Crippen molar-refractivity contribution in [2.45, 2.75) is 13.8 Å². The van der Waals surface area contributed by atoms with Gasteiger partial charge in [-0.05, 0) is 30.5 Å². The summed E-state index contributed by atoms with van der Waals surface area (Å²) in [5.74, 6) is 0. The lowest BCUT2D eigenvalue weighted by Gasteiger charge is -2.02. The highest BCUT2D eigenvalue weighted by Crippen LogP contribution is 2.10. The van der Waals surface area contributed by atoms with Crippen LogP contribution in [0, 0.1) is 20.5 Å². The fourth-order valence-corrected chi connectivity index (χ4v) is 0.974. The highest BCUT2D eigenvalue weighted by Gasteiger charge is 1.94. The Balaban J connectivity index is 2.86. The van der Waals surface area contributed by atoms with Crippen molar-refractivity contribution in [1.82, 2.24) is 0 Å². The minimum atomic E-state index is 1.12. The van der Waals surface area contributed by atoms with Crippen molar-refractivity contribution in [1.29, 1.82) is 0 Å². The zero-order valence-corrected chi connectivity index (χ0v) is 7.22. The first-order valence-electron chi connectivity index (χ1n) is 3.67. The number of hydrogen-bond donors (Lipinski definition) is 0. The predicted octanol–water partition coefficient (Wildman–Crippen LogP) is 2.46. The maximum atomic E-state index is 4.90. The van der Waals surface area contributed by atoms with E-state index < -0.39 is 0 Å². The summed E-state index contributed by atoms with van der Waals surface area (Å²) in [6.07, 6.45) is 0. The molecular formula is C10H13O. The van der Waals surface area contributed by atoms with Crippen molar-refractivity contribution in [3.63, 3.8) is 0 Å². The van der Waals surface area contributed by atoms with Crippen molar-refractivity contribution in [3.8, 4) is 0 Å². The van der Waals surface area contributed by atoms with Gasteiger partial charge < -0.3 is 4.74 Å². The summed E-state index contributed by atoms with van der Waals surface area (Å²) >= 11 is 0. The van der Waals surface area contributed by atoms with Gasteiger partial charge in [0.25, 0.3) is 0 Å². The van der Waals surface area contributed by atoms with E-state index in [0.29, 0.717) is 0 Å². The van der Waals surface area contributed by atoms with Crippen LogP contribution in [0.15, 0.2) is 18.2 Å². The van der Waals surface area contributed by atoms with Gasteiger partial charge in [-0.25, -0.2) is 0 Å². The molecule has 0 aliphatic rings. The van der Waals surface area contributed by atoms with E-state index in [4.69, 9.17) is 4.74 Å². The van der Waals surface area contributed by atoms with Crippen LogP contribution >= 0.6 is 0 Å². The highest BCUT2D eigenvalue weighted by atomic mass is 16.5. The quantitative estimate of drug-likeness (QED) is 0.627. The van der Waals surface area contributed by atoms with Crippen molar-refractivity contribution in [3.05, 3.63) is 41.5 Å². The van der Waals surface area contributed by atoms with E-state index in [1.54, 1.807) is 13.7 Å². The molecule has 1 heteroatoms. The van der Waals surface area contributed by atoms with Gasteiger partial charge in [0.2, 0.25) is 0 Å². The molecule has 0 aromatic heterocycles. The SMILES string of the molecule is CO[CH]c1ccc(C)c(C)c1. The second kappa shape index (κ2) is 3.54. The predicted molar refractivity (Wildman–Crippen MR) is 46.3 cm³/mol. The summed E-state index contributed by atoms with van der Waals surface area (Å²) in [5.41, 5.74) is 3.74. The Bertz CT molecular complexity index is 241. The van der Waals surface area contributed by atoms with Crippen LogP contribution < -0.4 is 0 Å². The van der Waals surface area contributed by atoms with Crippen molar-refractivity contribution >= 4 is 0 Å². The minimum absolute atomic E-state index is 1.12. The zero-order chi connectivity index (χ0) is 8.27. The Labute approximate surface area is 68.0 Å². The molecule has 0 saturated carbocycles. The van der Waals surface area contributed by atoms with E-state index in [9.17, 15) is 0 Å². The van der Waals surface area contributed by atoms with Crippen LogP contribution in [0.3, 0.4) is 0 Å². The third-order valence-electron chi connectivity index (χ3n) is 1.78. The van der Waals surface area contributed by atoms with E-state index in [1.165, 1.54) is 11.1 Å². The average Bonchev–Trinajstić information content (AvgIpc) is 1.98. The van der Waals surface area contributed by atoms with Crippen molar-refractivity contribution in [2.75, 3.05) is 7.11 Å². The fourth-order valence-electron chi connectivity index (χ4n) is 0.974. The lowest BCUT2D eigenvalue weighted by Crippen LogP contribution is -1.87. The van der Waals surface area contributed by atoms with Crippen LogP contribution in [0.4, 0.5) is 0 Å². The molecule has 0 N–H and O–H groups in total. The van der Waals surface area contributed by atoms with E-state index in [0.717, 1.165) is 5.56 Å². The molecule has 11 heavy (non-hydrogen) atoms. The number of aryl methyl sites for hydroxylation is 2. The van der Waals surface area contributed by atoms with Gasteiger partial charge in [-0.2, -0.15) is 0 Å². The second-order valence-electron chi connectivity index (χ2n) is 2.70. The van der Waals surface area contributed by atoms with Gasteiger partial charge in [-0.3, -0.25) is 0 Å². The molecule has 1 radical (unpaired) electrons. The maximum Gasteiger partial charge on any atom is 0.112 e. The molecule has 0 heterocycles. The summed E-state index contributed by atoms with van der Waals surface area (Å²) in [7, 11) is 1.66. The summed E-state index contributed by atoms with van der Waals surface area (Å²) in [6, 6.07) is 6.25. The van der Waals surface area contributed by atoms with Gasteiger partial charge in [0.05, 0.1) is 0 Å². The second-order valence-corrected chi connectivity index (χ2v) is 2.70. The van der Waals surface area contributed by atoms with Gasteiger partial charge >= 0.3 is 0 Å². The monoisotopic (exact) mass is 149 g/mol. The lowest BCUT2D eigenvalue weighted by molar-refractivity contribution is 0.292. The Kier molecular flexibility index (Phi) is 2.66. The van der Waals surface area contributed by atoms with E-state index >= 15 is 0 Å². The Morgan fingerprint density at radius 1 is 1.18 bits per heavy atom. The molecule has 0 unspecified atom stereocenters. The fraction of sp³-hybridized carbons (Fsp3) is 0.300. The van der Waals surface area contributed by atoms with Crippen LogP contribution in [0.25, 0.3) is 0 Å². The molecule has 0 aliphatic heterocycles. The molecule has 59 valence electrons. The number of benzene rings is 1. The standard InChI is InChI=1S/C10H13O/c1-8-4-5-10(7-11-3)6-9(8)2/h4-7H,1-3H3. The normalized spacial score (nSPS) is 10.1. The third-order valence-corrected chi connectivity index (χ3v) is 1.78. The first-order valence-corrected chi connectivity index (χ1v) is 3.67. The largest absolute Gasteiger partial charge is 0.374 e. The number of rotatable bonds is 2. The van der Waals surface area contributed by atoms with E-state index in [1.807, 2.05) is 6.07 Å². The van der Waals surface area contributed by atoms with E-state index in [-0.39, 0.29) is 0 Å². The molecule has 1 aromatic rings. The van der Waals surface area contributed by atoms with Crippen molar-refractivity contribution < 1.29 is 4.74 Å². The number of hydrogen-bond acceptors (Lipinski definition) is 1. The molecule has 0 fully saturated rings. The minimum Gasteiger partial charge on any atom is -0.374 e. The van der Waals surface area contributed by atoms with Crippen LogP contribution in [-0.4, -0.2) is 7.11 Å². The zero-order valence-electron chi connectivity index (χ0n) is 7.22. The first kappa shape index (κ1) is 8.28. The average molecular weight is 149 g/mol. The molecule has 1 aromatic carbocycles. The highest BCUT2D eigenvalue weighted by molar-refractivity contribution is 5.32. The summed E-state index contributed by atoms with van der Waals surface area (Å²) in [5, 5.41) is 0. The summed E-state index contributed by atoms with van der Waals surface area (Å²) < 4.78 is 4.90. The Morgan fingerprint density at radius 3 is 2.45 bits per heavy atom. The van der Waals surface area contributed by atoms with Crippen LogP contribution in [0.1, 0.15) is 16.7 Å². The van der Waals surface area contributed by atoms with Crippen LogP contribution in [-0.2, 0) is 4.74 Å². The molecule has 0 saturated heterocycles. The molecule has 0 aliphatic carbocycles. The number of ether oxygens (including phenoxy) is 1. The number of methoxy groups -OCH3 is 1. The van der Waals surface area contributed by atoms with Crippen LogP contribution in [0.5, 0.6) is 0 Å². The molecule has 0 amide bonds. The van der Waals surface area contributed by atoms with E-state index in [2.05, 4.69) is 26.0 Å². The Morgan fingerprint density at radius 2 is 1.91 bits per heavy atom. The molecular weight excluding hydrogens is 136 g/mol.